The molecule has 0 bridgehead atoms. The van der Waals surface area contributed by atoms with Gasteiger partial charge in [-0.3, -0.25) is 14.0 Å². The van der Waals surface area contributed by atoms with E-state index in [2.05, 4.69) is 9.50 Å². The lowest BCUT2D eigenvalue weighted by atomic mass is 10.0. The van der Waals surface area contributed by atoms with Gasteiger partial charge in [-0.25, -0.2) is 4.98 Å². The molecule has 0 saturated carbocycles. The van der Waals surface area contributed by atoms with Crippen LogP contribution in [0, 0.1) is 6.92 Å². The molecule has 3 rings (SSSR count). The van der Waals surface area contributed by atoms with E-state index in [1.54, 1.807) is 24.9 Å². The fraction of sp³-hybridized carbons (Fsp3) is 0.400. The third-order valence-corrected chi connectivity index (χ3v) is 5.91. The molecule has 3 aromatic rings. The Morgan fingerprint density at radius 1 is 1.25 bits per heavy atom. The molecule has 0 amide bonds. The van der Waals surface area contributed by atoms with E-state index in [9.17, 15) is 9.35 Å². The first-order chi connectivity index (χ1) is 13.0. The first-order valence-electron chi connectivity index (χ1n) is 8.97. The summed E-state index contributed by atoms with van der Waals surface area (Å²) in [5.74, 6) is 0.528. The monoisotopic (exact) mass is 399 g/mol. The maximum absolute atomic E-state index is 13.0. The fourth-order valence-corrected chi connectivity index (χ4v) is 3.52. The van der Waals surface area contributed by atoms with Gasteiger partial charge in [0, 0.05) is 25.9 Å². The third kappa shape index (κ3) is 3.74. The van der Waals surface area contributed by atoms with Crippen LogP contribution in [0.2, 0.25) is 0 Å². The van der Waals surface area contributed by atoms with Crippen LogP contribution in [0.15, 0.2) is 33.7 Å². The first kappa shape index (κ1) is 20.3. The van der Waals surface area contributed by atoms with Crippen LogP contribution in [0.3, 0.4) is 0 Å². The summed E-state index contributed by atoms with van der Waals surface area (Å²) in [6, 6.07) is 3.76. The van der Waals surface area contributed by atoms with Crippen molar-refractivity contribution in [1.29, 1.82) is 0 Å². The summed E-state index contributed by atoms with van der Waals surface area (Å²) in [4.78, 5) is 17.8. The molecular weight excluding hydrogens is 374 g/mol. The highest BCUT2D eigenvalue weighted by Crippen LogP contribution is 2.24. The number of rotatable bonds is 3. The van der Waals surface area contributed by atoms with E-state index in [1.165, 1.54) is 4.57 Å². The van der Waals surface area contributed by atoms with Gasteiger partial charge in [0.25, 0.3) is 5.56 Å². The van der Waals surface area contributed by atoms with E-state index >= 15 is 0 Å². The van der Waals surface area contributed by atoms with Gasteiger partial charge in [-0.15, -0.1) is 0 Å². The highest BCUT2D eigenvalue weighted by atomic mass is 32.2. The molecule has 8 heteroatoms. The summed E-state index contributed by atoms with van der Waals surface area (Å²) in [7, 11) is 3.52. The maximum Gasteiger partial charge on any atom is 0.261 e. The number of aryl methyl sites for hydroxylation is 2. The Hall–Kier alpha value is -2.45. The van der Waals surface area contributed by atoms with Crippen LogP contribution in [0.5, 0.6) is 0 Å². The van der Waals surface area contributed by atoms with E-state index in [0.29, 0.717) is 22.4 Å². The molecule has 148 valence electrons. The van der Waals surface area contributed by atoms with Gasteiger partial charge in [0.05, 0.1) is 28.4 Å². The van der Waals surface area contributed by atoms with Crippen molar-refractivity contribution in [3.05, 3.63) is 46.0 Å². The van der Waals surface area contributed by atoms with Gasteiger partial charge >= 0.3 is 0 Å². The first-order valence-corrected chi connectivity index (χ1v) is 10.1. The normalized spacial score (nSPS) is 13.9. The molecule has 7 nitrogen and oxygen atoms in total. The zero-order valence-electron chi connectivity index (χ0n) is 17.3. The molecule has 2 aromatic heterocycles. The van der Waals surface area contributed by atoms with Gasteiger partial charge in [-0.05, 0) is 52.3 Å². The maximum atomic E-state index is 13.0. The van der Waals surface area contributed by atoms with E-state index < -0.39 is 16.1 Å². The van der Waals surface area contributed by atoms with Crippen molar-refractivity contribution in [2.75, 3.05) is 0 Å². The smallest absolute Gasteiger partial charge is 0.261 e. The molecule has 0 aliphatic rings. The Labute approximate surface area is 167 Å². The average Bonchev–Trinajstić information content (AvgIpc) is 3.03. The largest absolute Gasteiger partial charge is 0.591 e. The Bertz CT molecular complexity index is 1140. The molecule has 0 aliphatic carbocycles. The zero-order chi connectivity index (χ0) is 20.8. The Balaban J connectivity index is 2.31. The van der Waals surface area contributed by atoms with Crippen molar-refractivity contribution in [3.8, 4) is 11.4 Å². The molecule has 0 N–H and O–H groups in total. The van der Waals surface area contributed by atoms with Gasteiger partial charge in [0.1, 0.15) is 21.9 Å². The van der Waals surface area contributed by atoms with Crippen molar-refractivity contribution in [3.63, 3.8) is 0 Å². The van der Waals surface area contributed by atoms with E-state index in [1.807, 2.05) is 53.1 Å². The minimum Gasteiger partial charge on any atom is -0.591 e. The topological polar surface area (TPSA) is 88.1 Å². The molecule has 1 aromatic carbocycles. The predicted molar refractivity (Wildman–Crippen MR) is 114 cm³/mol. The van der Waals surface area contributed by atoms with Crippen molar-refractivity contribution in [2.45, 2.75) is 39.4 Å². The molecule has 0 saturated heterocycles. The second-order valence-corrected chi connectivity index (χ2v) is 9.85. The Kier molecular flexibility index (Phi) is 5.20. The van der Waals surface area contributed by atoms with Gasteiger partial charge in [0.2, 0.25) is 0 Å². The SMILES string of the molecule is CC(=N[S+]([O-])C(C)(C)C)c1cc(C)cc2c(=O)n(C)c(-c3cnn(C)c3)nc12. The van der Waals surface area contributed by atoms with Crippen LogP contribution in [-0.2, 0) is 25.5 Å². The van der Waals surface area contributed by atoms with Gasteiger partial charge in [0.15, 0.2) is 0 Å². The van der Waals surface area contributed by atoms with Crippen molar-refractivity contribution < 1.29 is 4.55 Å². The quantitative estimate of drug-likeness (QED) is 0.500. The number of hydrogen-bond donors (Lipinski definition) is 0. The number of aromatic nitrogens is 4. The Morgan fingerprint density at radius 3 is 2.50 bits per heavy atom. The van der Waals surface area contributed by atoms with Gasteiger partial charge in [-0.1, -0.05) is 4.40 Å². The lowest BCUT2D eigenvalue weighted by molar-refractivity contribution is 0.561. The molecule has 28 heavy (non-hydrogen) atoms. The second-order valence-electron chi connectivity index (χ2n) is 7.95. The van der Waals surface area contributed by atoms with Gasteiger partial charge in [-0.2, -0.15) is 5.10 Å². The van der Waals surface area contributed by atoms with Crippen LogP contribution < -0.4 is 5.56 Å². The minimum atomic E-state index is -1.40. The van der Waals surface area contributed by atoms with E-state index in [4.69, 9.17) is 4.98 Å². The summed E-state index contributed by atoms with van der Waals surface area (Å²) in [5, 5.41) is 4.69. The molecule has 0 aliphatic heterocycles. The van der Waals surface area contributed by atoms with Crippen molar-refractivity contribution in [2.24, 2.45) is 18.5 Å². The number of nitrogens with zero attached hydrogens (tertiary/aromatic N) is 5. The molecule has 2 heterocycles. The average molecular weight is 400 g/mol. The molecule has 0 fully saturated rings. The highest BCUT2D eigenvalue weighted by Gasteiger charge is 2.27. The fourth-order valence-electron chi connectivity index (χ4n) is 2.90. The Morgan fingerprint density at radius 2 is 1.93 bits per heavy atom. The van der Waals surface area contributed by atoms with Crippen LogP contribution in [0.25, 0.3) is 22.3 Å². The van der Waals surface area contributed by atoms with Crippen LogP contribution in [0.1, 0.15) is 38.8 Å². The number of fused-ring (bicyclic) bond motifs is 1. The molecule has 0 spiro atoms. The molecule has 0 radical (unpaired) electrons. The van der Waals surface area contributed by atoms with Crippen molar-refractivity contribution >= 4 is 28.0 Å². The second kappa shape index (κ2) is 7.18. The zero-order valence-corrected chi connectivity index (χ0v) is 18.1. The predicted octanol–water partition coefficient (Wildman–Crippen LogP) is 2.91. The van der Waals surface area contributed by atoms with Crippen molar-refractivity contribution in [1.82, 2.24) is 19.3 Å². The summed E-state index contributed by atoms with van der Waals surface area (Å²) in [6.07, 6.45) is 3.49. The van der Waals surface area contributed by atoms with Crippen LogP contribution in [-0.4, -0.2) is 34.3 Å². The van der Waals surface area contributed by atoms with Gasteiger partial charge < -0.3 is 4.55 Å². The standard InChI is InChI=1S/C20H25N5O2S/c1-12-8-15(13(2)23-28(27)20(3,4)5)17-16(9-12)19(26)25(7)18(22-17)14-10-21-24(6)11-14/h8-11H,1-7H3. The van der Waals surface area contributed by atoms with Crippen LogP contribution >= 0.6 is 0 Å². The number of hydrogen-bond acceptors (Lipinski definition) is 5. The lowest BCUT2D eigenvalue weighted by Gasteiger charge is -2.19. The lowest BCUT2D eigenvalue weighted by Crippen LogP contribution is -2.27. The summed E-state index contributed by atoms with van der Waals surface area (Å²) < 4.78 is 19.6. The van der Waals surface area contributed by atoms with E-state index in [-0.39, 0.29) is 5.56 Å². The summed E-state index contributed by atoms with van der Waals surface area (Å²) in [6.45, 7) is 9.36. The minimum absolute atomic E-state index is 0.140. The summed E-state index contributed by atoms with van der Waals surface area (Å²) in [5.41, 5.74) is 3.41. The third-order valence-electron chi connectivity index (χ3n) is 4.42. The molecule has 1 atom stereocenters. The molecular formula is C20H25N5O2S. The summed E-state index contributed by atoms with van der Waals surface area (Å²) >= 11 is -1.40. The highest BCUT2D eigenvalue weighted by molar-refractivity contribution is 7.91. The van der Waals surface area contributed by atoms with Crippen LogP contribution in [0.4, 0.5) is 0 Å². The molecule has 1 unspecified atom stereocenters. The van der Waals surface area contributed by atoms with E-state index in [0.717, 1.165) is 16.7 Å². The number of benzene rings is 1.